The molecule has 9 rings (SSSR count). The van der Waals surface area contributed by atoms with Gasteiger partial charge in [-0.2, -0.15) is 10.0 Å². The van der Waals surface area contributed by atoms with Crippen molar-refractivity contribution in [3.05, 3.63) is 188 Å². The minimum absolute atomic E-state index is 0.445. The lowest BCUT2D eigenvalue weighted by atomic mass is 9.98. The molecule has 0 saturated carbocycles. The molecule has 0 N–H and O–H groups in total. The van der Waals surface area contributed by atoms with E-state index >= 15 is 0 Å². The lowest BCUT2D eigenvalue weighted by Gasteiger charge is -2.33. The summed E-state index contributed by atoms with van der Waals surface area (Å²) in [6.07, 6.45) is 6.79. The van der Waals surface area contributed by atoms with E-state index in [4.69, 9.17) is 48.5 Å². The zero-order chi connectivity index (χ0) is 56.7. The maximum atomic E-state index is 8.51. The first kappa shape index (κ1) is 57.5. The largest absolute Gasteiger partial charge is 0.717 e. The monoisotopic (exact) mass is 1090 g/mol. The number of benzene rings is 3. The zero-order valence-corrected chi connectivity index (χ0v) is 51.4. The molecule has 0 amide bonds. The quantitative estimate of drug-likeness (QED) is 0.0913. The number of halogens is 1. The van der Waals surface area contributed by atoms with Crippen LogP contribution in [0.5, 0.6) is 0 Å². The third-order valence-corrected chi connectivity index (χ3v) is 16.2. The fraction of sp³-hybridized carbons (Fsp3) is 0.424. The highest BCUT2D eigenvalue weighted by Gasteiger charge is 2.38. The number of hydrogen-bond donors (Lipinski definition) is 0. The summed E-state index contributed by atoms with van der Waals surface area (Å²) >= 11 is -2.90. The van der Waals surface area contributed by atoms with Crippen LogP contribution in [0.15, 0.2) is 143 Å². The molecule has 0 saturated heterocycles. The Morgan fingerprint density at radius 3 is 1.03 bits per heavy atom. The van der Waals surface area contributed by atoms with E-state index in [1.165, 1.54) is 0 Å². The van der Waals surface area contributed by atoms with Gasteiger partial charge in [-0.3, -0.25) is 0 Å². The summed E-state index contributed by atoms with van der Waals surface area (Å²) in [5.74, 6) is 0. The summed E-state index contributed by atoms with van der Waals surface area (Å²) in [4.78, 5) is 11.1. The van der Waals surface area contributed by atoms with Crippen LogP contribution in [-0.2, 0) is 28.4 Å². The summed E-state index contributed by atoms with van der Waals surface area (Å²) in [5.41, 5.74) is 12.2. The predicted molar refractivity (Wildman–Crippen MR) is 320 cm³/mol. The Bertz CT molecular complexity index is 3360. The molecule has 0 radical (unpaired) electrons. The summed E-state index contributed by atoms with van der Waals surface area (Å²) in [7, 11) is 8.51. The van der Waals surface area contributed by atoms with Crippen LogP contribution in [-0.4, -0.2) is 65.8 Å². The van der Waals surface area contributed by atoms with Gasteiger partial charge in [-0.1, -0.05) is 72.8 Å². The van der Waals surface area contributed by atoms with E-state index in [1.807, 2.05) is 0 Å². The standard InChI is InChI=1S/C66H80N4O6.Al.ClH/c1-40-47-32-34-49(67-47)55(41-20-26-44(27-21-41)58(71-61(2,3)4)72-62(5,6)7)51-36-38-53(69-51)57(43-24-30-46(31-25-43)60(75-65(14,15)16)76-66(17,18)19)54-39-37-52(70-54)56(50-35-33-48(40)68-50)42-22-28-45(29-23-42)59(73-63(8,9)10)74-64(11,12)13;;/h20-39,58-60H,1-19H3;;1H/q-2;+3;/p-1. The average molecular weight is 1090 g/mol. The molecule has 0 spiro atoms. The van der Waals surface area contributed by atoms with Gasteiger partial charge in [0.05, 0.1) is 56.4 Å². The molecular weight excluding hydrogens is 1010 g/mol. The zero-order valence-electron chi connectivity index (χ0n) is 49.5. The summed E-state index contributed by atoms with van der Waals surface area (Å²) < 4.78 is 44.2. The first-order chi connectivity index (χ1) is 36.2. The van der Waals surface area contributed by atoms with Crippen LogP contribution in [0.1, 0.15) is 195 Å². The van der Waals surface area contributed by atoms with Crippen molar-refractivity contribution in [2.75, 3.05) is 0 Å². The lowest BCUT2D eigenvalue weighted by Crippen LogP contribution is -2.45. The molecule has 3 aromatic carbocycles. The minimum atomic E-state index is -2.90. The van der Waals surface area contributed by atoms with Gasteiger partial charge in [-0.15, -0.1) is 0 Å². The van der Waals surface area contributed by atoms with Crippen molar-refractivity contribution in [3.63, 3.8) is 0 Å². The molecule has 12 heteroatoms. The van der Waals surface area contributed by atoms with Crippen LogP contribution in [0.3, 0.4) is 0 Å². The fourth-order valence-corrected chi connectivity index (χ4v) is 13.3. The molecule has 6 bridgehead atoms. The normalized spacial score (nSPS) is 16.2. The van der Waals surface area contributed by atoms with Gasteiger partial charge in [0.2, 0.25) is 0 Å². The highest BCUT2D eigenvalue weighted by atomic mass is 35.6. The van der Waals surface area contributed by atoms with Crippen LogP contribution in [0.4, 0.5) is 0 Å². The SMILES string of the molecule is CC1=c2ccc3[n]2[Al]([Cl])[n]2c(ccc2C(c2ccc(C(OC(C)(C)C)OC(C)(C)C)cc2)=C2C=CC(=N2)C=3c2ccc(C(OC(C)(C)C)OC(C)(C)C)cc2)C(c2ccc(C(OC(C)(C)C)OC(C)(C)C)cc2)=C2C=CC1=N2. The second kappa shape index (κ2) is 21.1. The molecule has 6 heterocycles. The van der Waals surface area contributed by atoms with Crippen molar-refractivity contribution in [1.29, 1.82) is 0 Å². The Kier molecular flexibility index (Phi) is 15.5. The molecule has 2 aromatic heterocycles. The van der Waals surface area contributed by atoms with Gasteiger partial charge in [0, 0.05) is 55.5 Å². The molecule has 410 valence electrons. The number of fused-ring (bicyclic) bond motifs is 2. The van der Waals surface area contributed by atoms with E-state index in [1.54, 1.807) is 0 Å². The van der Waals surface area contributed by atoms with Gasteiger partial charge in [0.25, 0.3) is 0 Å². The molecular formula is C66H80AlClN4O6. The second-order valence-corrected chi connectivity index (χ2v) is 29.5. The predicted octanol–water partition coefficient (Wildman–Crippen LogP) is 14.7. The molecule has 0 aliphatic carbocycles. The van der Waals surface area contributed by atoms with E-state index in [-0.39, 0.29) is 0 Å². The number of aromatic nitrogens is 2. The first-order valence-corrected chi connectivity index (χ1v) is 30.2. The van der Waals surface area contributed by atoms with Crippen LogP contribution in [0.2, 0.25) is 0 Å². The van der Waals surface area contributed by atoms with E-state index < -0.39 is 66.1 Å². The van der Waals surface area contributed by atoms with Gasteiger partial charge in [0.1, 0.15) is 0 Å². The van der Waals surface area contributed by atoms with E-state index in [0.717, 1.165) is 101 Å². The van der Waals surface area contributed by atoms with Crippen LogP contribution in [0.25, 0.3) is 22.3 Å². The number of allylic oxidation sites excluding steroid dienone is 4. The lowest BCUT2D eigenvalue weighted by molar-refractivity contribution is -0.239. The molecule has 0 atom stereocenters. The van der Waals surface area contributed by atoms with E-state index in [0.29, 0.717) is 0 Å². The minimum Gasteiger partial charge on any atom is -0.401 e. The van der Waals surface area contributed by atoms with Crippen molar-refractivity contribution in [2.45, 2.75) is 184 Å². The topological polar surface area (TPSA) is 90.0 Å². The molecule has 4 aliphatic heterocycles. The van der Waals surface area contributed by atoms with Gasteiger partial charge in [0.15, 0.2) is 18.9 Å². The number of ether oxygens (including phenoxy) is 6. The van der Waals surface area contributed by atoms with Crippen molar-refractivity contribution in [3.8, 4) is 0 Å². The molecule has 0 fully saturated rings. The maximum absolute atomic E-state index is 8.51. The van der Waals surface area contributed by atoms with Crippen LogP contribution < -0.4 is 10.7 Å². The van der Waals surface area contributed by atoms with Gasteiger partial charge >= 0.3 is 13.7 Å². The fourth-order valence-electron chi connectivity index (χ4n) is 9.98. The number of rotatable bonds is 12. The Labute approximate surface area is 472 Å². The van der Waals surface area contributed by atoms with Crippen molar-refractivity contribution < 1.29 is 28.4 Å². The smallest absolute Gasteiger partial charge is 0.401 e. The first-order valence-electron chi connectivity index (χ1n) is 27.4. The Hall–Kier alpha value is -5.16. The van der Waals surface area contributed by atoms with Gasteiger partial charge in [-0.25, -0.2) is 9.98 Å². The van der Waals surface area contributed by atoms with E-state index in [2.05, 4.69) is 260 Å². The highest BCUT2D eigenvalue weighted by Crippen LogP contribution is 2.42. The Morgan fingerprint density at radius 2 is 0.679 bits per heavy atom. The molecule has 5 aromatic rings. The third kappa shape index (κ3) is 13.0. The molecule has 78 heavy (non-hydrogen) atoms. The molecule has 0 unspecified atom stereocenters. The molecule has 4 aliphatic rings. The van der Waals surface area contributed by atoms with E-state index in [9.17, 15) is 0 Å². The van der Waals surface area contributed by atoms with Crippen molar-refractivity contribution >= 4 is 57.4 Å². The van der Waals surface area contributed by atoms with Crippen molar-refractivity contribution in [2.24, 2.45) is 9.98 Å². The Balaban J connectivity index is 1.30. The van der Waals surface area contributed by atoms with Crippen LogP contribution in [0, 0.1) is 0 Å². The number of nitrogens with zero attached hydrogens (tertiary/aromatic N) is 4. The maximum Gasteiger partial charge on any atom is 0.717 e. The van der Waals surface area contributed by atoms with Crippen molar-refractivity contribution in [1.82, 2.24) is 7.10 Å². The number of hydrogen-bond acceptors (Lipinski definition) is 8. The van der Waals surface area contributed by atoms with Gasteiger partial charge in [-0.05, 0) is 202 Å². The van der Waals surface area contributed by atoms with Crippen LogP contribution >= 0.6 is 10.0 Å². The molecule has 10 nitrogen and oxygen atoms in total. The summed E-state index contributed by atoms with van der Waals surface area (Å²) in [6, 6.07) is 34.5. The van der Waals surface area contributed by atoms with Gasteiger partial charge < -0.3 is 35.5 Å². The third-order valence-electron chi connectivity index (χ3n) is 13.0. The number of aliphatic imine (C=N–C) groups is 2. The highest BCUT2D eigenvalue weighted by molar-refractivity contribution is 7.05. The average Bonchev–Trinajstić information content (AvgIpc) is 4.17. The summed E-state index contributed by atoms with van der Waals surface area (Å²) in [5, 5.41) is 1.96. The Morgan fingerprint density at radius 1 is 0.372 bits per heavy atom. The second-order valence-electron chi connectivity index (χ2n) is 26.7. The summed E-state index contributed by atoms with van der Waals surface area (Å²) in [6.45, 7) is 39.1.